The van der Waals surface area contributed by atoms with Crippen molar-refractivity contribution < 1.29 is 14.7 Å². The van der Waals surface area contributed by atoms with Crippen LogP contribution in [0.5, 0.6) is 0 Å². The Labute approximate surface area is 107 Å². The molecular weight excluding hydrogens is 230 g/mol. The molecule has 0 aliphatic carbocycles. The molecule has 0 aromatic heterocycles. The third-order valence-electron chi connectivity index (χ3n) is 2.88. The zero-order chi connectivity index (χ0) is 13.6. The minimum atomic E-state index is -0.907. The second-order valence-corrected chi connectivity index (χ2v) is 5.00. The Kier molecular flexibility index (Phi) is 5.04. The fraction of sp³-hybridized carbons (Fsp3) is 0.429. The van der Waals surface area contributed by atoms with E-state index in [2.05, 4.69) is 5.32 Å². The minimum Gasteiger partial charge on any atom is -0.481 e. The molecule has 1 atom stereocenters. The molecule has 1 rings (SSSR count). The molecule has 4 heteroatoms. The fourth-order valence-electron chi connectivity index (χ4n) is 1.65. The van der Waals surface area contributed by atoms with Gasteiger partial charge in [0.15, 0.2) is 0 Å². The maximum Gasteiger partial charge on any atom is 0.309 e. The van der Waals surface area contributed by atoms with E-state index in [0.717, 1.165) is 11.8 Å². The van der Waals surface area contributed by atoms with Crippen LogP contribution in [-0.4, -0.2) is 23.4 Å². The minimum absolute atomic E-state index is 0.276. The molecule has 0 bridgehead atoms. The summed E-state index contributed by atoms with van der Waals surface area (Å²) in [5.74, 6) is -0.893. The van der Waals surface area contributed by atoms with E-state index >= 15 is 0 Å². The van der Waals surface area contributed by atoms with Gasteiger partial charge in [-0.3, -0.25) is 4.79 Å². The number of carbonyl (C=O) groups excluding carboxylic acids is 1. The zero-order valence-corrected chi connectivity index (χ0v) is 10.7. The van der Waals surface area contributed by atoms with Gasteiger partial charge >= 0.3 is 5.97 Å². The SMILES string of the molecule is CC(C)(CC(C=O)NCc1ccccc1)C(=O)O. The van der Waals surface area contributed by atoms with Crippen molar-refractivity contribution in [2.45, 2.75) is 32.9 Å². The van der Waals surface area contributed by atoms with Crippen LogP contribution in [0.1, 0.15) is 25.8 Å². The second kappa shape index (κ2) is 6.31. The summed E-state index contributed by atoms with van der Waals surface area (Å²) in [6.45, 7) is 3.80. The van der Waals surface area contributed by atoms with Crippen molar-refractivity contribution in [2.75, 3.05) is 0 Å². The first kappa shape index (κ1) is 14.4. The summed E-state index contributed by atoms with van der Waals surface area (Å²) in [7, 11) is 0. The number of aldehydes is 1. The van der Waals surface area contributed by atoms with Gasteiger partial charge in [-0.1, -0.05) is 30.3 Å². The van der Waals surface area contributed by atoms with Gasteiger partial charge in [0.25, 0.3) is 0 Å². The molecule has 0 saturated carbocycles. The molecule has 0 heterocycles. The largest absolute Gasteiger partial charge is 0.481 e. The Bertz CT molecular complexity index is 401. The second-order valence-electron chi connectivity index (χ2n) is 5.00. The van der Waals surface area contributed by atoms with Crippen LogP contribution < -0.4 is 5.32 Å². The van der Waals surface area contributed by atoms with Crippen molar-refractivity contribution in [1.29, 1.82) is 0 Å². The molecule has 1 unspecified atom stereocenters. The highest BCUT2D eigenvalue weighted by atomic mass is 16.4. The van der Waals surface area contributed by atoms with Crippen LogP contribution in [0, 0.1) is 5.41 Å². The van der Waals surface area contributed by atoms with Gasteiger partial charge < -0.3 is 15.2 Å². The van der Waals surface area contributed by atoms with E-state index in [1.54, 1.807) is 13.8 Å². The summed E-state index contributed by atoms with van der Waals surface area (Å²) in [6, 6.07) is 9.24. The van der Waals surface area contributed by atoms with Crippen LogP contribution in [0.4, 0.5) is 0 Å². The van der Waals surface area contributed by atoms with Crippen LogP contribution in [0.3, 0.4) is 0 Å². The highest BCUT2D eigenvalue weighted by Crippen LogP contribution is 2.22. The molecule has 4 nitrogen and oxygen atoms in total. The monoisotopic (exact) mass is 249 g/mol. The smallest absolute Gasteiger partial charge is 0.309 e. The zero-order valence-electron chi connectivity index (χ0n) is 10.7. The summed E-state index contributed by atoms with van der Waals surface area (Å²) >= 11 is 0. The van der Waals surface area contributed by atoms with Crippen LogP contribution in [0.25, 0.3) is 0 Å². The number of rotatable bonds is 7. The van der Waals surface area contributed by atoms with Crippen LogP contribution >= 0.6 is 0 Å². The predicted octanol–water partition coefficient (Wildman–Crippen LogP) is 1.84. The first-order chi connectivity index (χ1) is 8.45. The van der Waals surface area contributed by atoms with Crippen molar-refractivity contribution in [1.82, 2.24) is 5.32 Å². The number of carboxylic acid groups (broad SMARTS) is 1. The van der Waals surface area contributed by atoms with E-state index in [9.17, 15) is 9.59 Å². The Morgan fingerprint density at radius 2 is 2.00 bits per heavy atom. The van der Waals surface area contributed by atoms with Gasteiger partial charge in [-0.25, -0.2) is 0 Å². The first-order valence-electron chi connectivity index (χ1n) is 5.92. The molecule has 0 aliphatic heterocycles. The summed E-state index contributed by atoms with van der Waals surface area (Å²) in [5, 5.41) is 12.1. The Hall–Kier alpha value is -1.68. The van der Waals surface area contributed by atoms with E-state index in [-0.39, 0.29) is 6.42 Å². The van der Waals surface area contributed by atoms with Crippen LogP contribution in [0.2, 0.25) is 0 Å². The van der Waals surface area contributed by atoms with Gasteiger partial charge in [0.2, 0.25) is 0 Å². The summed E-state index contributed by atoms with van der Waals surface area (Å²) < 4.78 is 0. The van der Waals surface area contributed by atoms with E-state index in [1.807, 2.05) is 30.3 Å². The van der Waals surface area contributed by atoms with E-state index < -0.39 is 17.4 Å². The molecule has 1 aromatic rings. The van der Waals surface area contributed by atoms with E-state index in [4.69, 9.17) is 5.11 Å². The highest BCUT2D eigenvalue weighted by molar-refractivity contribution is 5.74. The lowest BCUT2D eigenvalue weighted by Crippen LogP contribution is -2.37. The van der Waals surface area contributed by atoms with Crippen LogP contribution in [-0.2, 0) is 16.1 Å². The maximum absolute atomic E-state index is 11.0. The summed E-state index contributed by atoms with van der Waals surface area (Å²) in [5.41, 5.74) is 0.160. The third kappa shape index (κ3) is 4.30. The lowest BCUT2D eigenvalue weighted by molar-refractivity contribution is -0.147. The van der Waals surface area contributed by atoms with Gasteiger partial charge in [0, 0.05) is 6.54 Å². The molecule has 0 amide bonds. The number of carbonyl (C=O) groups is 2. The average Bonchev–Trinajstić information content (AvgIpc) is 2.35. The average molecular weight is 249 g/mol. The topological polar surface area (TPSA) is 66.4 Å². The predicted molar refractivity (Wildman–Crippen MR) is 69.2 cm³/mol. The molecule has 0 radical (unpaired) electrons. The highest BCUT2D eigenvalue weighted by Gasteiger charge is 2.30. The van der Waals surface area contributed by atoms with Crippen molar-refractivity contribution in [3.05, 3.63) is 35.9 Å². The van der Waals surface area contributed by atoms with E-state index in [0.29, 0.717) is 6.54 Å². The van der Waals surface area contributed by atoms with Gasteiger partial charge in [-0.15, -0.1) is 0 Å². The molecule has 18 heavy (non-hydrogen) atoms. The van der Waals surface area contributed by atoms with Crippen molar-refractivity contribution in [3.63, 3.8) is 0 Å². The Morgan fingerprint density at radius 3 is 2.50 bits per heavy atom. The Balaban J connectivity index is 2.53. The lowest BCUT2D eigenvalue weighted by atomic mass is 9.86. The lowest BCUT2D eigenvalue weighted by Gasteiger charge is -2.23. The number of hydrogen-bond acceptors (Lipinski definition) is 3. The number of hydrogen-bond donors (Lipinski definition) is 2. The van der Waals surface area contributed by atoms with E-state index in [1.165, 1.54) is 0 Å². The number of nitrogens with one attached hydrogen (secondary N) is 1. The molecule has 0 saturated heterocycles. The molecule has 2 N–H and O–H groups in total. The maximum atomic E-state index is 11.0. The molecular formula is C14H19NO3. The van der Waals surface area contributed by atoms with Gasteiger partial charge in [0.1, 0.15) is 6.29 Å². The van der Waals surface area contributed by atoms with Gasteiger partial charge in [0.05, 0.1) is 11.5 Å². The van der Waals surface area contributed by atoms with Crippen molar-refractivity contribution >= 4 is 12.3 Å². The van der Waals surface area contributed by atoms with Crippen molar-refractivity contribution in [2.24, 2.45) is 5.41 Å². The molecule has 1 aromatic carbocycles. The quantitative estimate of drug-likeness (QED) is 0.724. The summed E-state index contributed by atoms with van der Waals surface area (Å²) in [4.78, 5) is 22.0. The van der Waals surface area contributed by atoms with Gasteiger partial charge in [-0.05, 0) is 25.8 Å². The first-order valence-corrected chi connectivity index (χ1v) is 5.92. The Morgan fingerprint density at radius 1 is 1.39 bits per heavy atom. The molecule has 0 aliphatic rings. The summed E-state index contributed by atoms with van der Waals surface area (Å²) in [6.07, 6.45) is 1.05. The standard InChI is InChI=1S/C14H19NO3/c1-14(2,13(17)18)8-12(10-16)15-9-11-6-4-3-5-7-11/h3-7,10,12,15H,8-9H2,1-2H3,(H,17,18). The molecule has 0 fully saturated rings. The third-order valence-corrected chi connectivity index (χ3v) is 2.88. The van der Waals surface area contributed by atoms with Crippen molar-refractivity contribution in [3.8, 4) is 0 Å². The van der Waals surface area contributed by atoms with Gasteiger partial charge in [-0.2, -0.15) is 0 Å². The van der Waals surface area contributed by atoms with Crippen LogP contribution in [0.15, 0.2) is 30.3 Å². The number of carboxylic acids is 1. The molecule has 0 spiro atoms. The normalized spacial score (nSPS) is 13.0. The number of benzene rings is 1. The number of aliphatic carboxylic acids is 1. The fourth-order valence-corrected chi connectivity index (χ4v) is 1.65. The molecule has 98 valence electrons.